The maximum atomic E-state index is 11.2. The molecule has 0 aliphatic rings. The summed E-state index contributed by atoms with van der Waals surface area (Å²) in [7, 11) is 1.59. The van der Waals surface area contributed by atoms with Crippen molar-refractivity contribution in [3.8, 4) is 5.75 Å². The number of hydrogen-bond acceptors (Lipinski definition) is 5. The molecule has 7 heteroatoms. The van der Waals surface area contributed by atoms with Gasteiger partial charge in [-0.2, -0.15) is 0 Å². The van der Waals surface area contributed by atoms with E-state index < -0.39 is 5.97 Å². The second kappa shape index (κ2) is 7.40. The van der Waals surface area contributed by atoms with Crippen molar-refractivity contribution >= 4 is 28.9 Å². The van der Waals surface area contributed by atoms with E-state index in [1.807, 2.05) is 0 Å². The monoisotopic (exact) mass is 327 g/mol. The molecule has 1 aromatic carbocycles. The zero-order chi connectivity index (χ0) is 15.2. The van der Waals surface area contributed by atoms with E-state index in [-0.39, 0.29) is 11.5 Å². The molecule has 0 aliphatic carbocycles. The molecule has 0 spiro atoms. The highest BCUT2D eigenvalue weighted by molar-refractivity contribution is 7.13. The van der Waals surface area contributed by atoms with Crippen molar-refractivity contribution in [2.75, 3.05) is 13.7 Å². The summed E-state index contributed by atoms with van der Waals surface area (Å²) in [5.41, 5.74) is 0.401. The molecule has 0 saturated carbocycles. The highest BCUT2D eigenvalue weighted by Crippen LogP contribution is 2.26. The smallest absolute Gasteiger partial charge is 0.347 e. The van der Waals surface area contributed by atoms with Crippen molar-refractivity contribution < 1.29 is 19.4 Å². The van der Waals surface area contributed by atoms with Gasteiger partial charge >= 0.3 is 5.97 Å². The highest BCUT2D eigenvalue weighted by Gasteiger charge is 2.18. The number of benzene rings is 1. The fourth-order valence-electron chi connectivity index (χ4n) is 1.67. The van der Waals surface area contributed by atoms with Crippen LogP contribution in [-0.2, 0) is 17.8 Å². The van der Waals surface area contributed by atoms with E-state index in [0.29, 0.717) is 34.5 Å². The molecule has 112 valence electrons. The summed E-state index contributed by atoms with van der Waals surface area (Å²) < 4.78 is 10.5. The summed E-state index contributed by atoms with van der Waals surface area (Å²) in [5.74, 6) is -0.504. The molecule has 2 rings (SSSR count). The number of carboxylic acids is 1. The summed E-state index contributed by atoms with van der Waals surface area (Å²) in [6.07, 6.45) is 0.577. The summed E-state index contributed by atoms with van der Waals surface area (Å²) in [4.78, 5) is 15.7. The van der Waals surface area contributed by atoms with E-state index in [1.54, 1.807) is 31.4 Å². The topological polar surface area (TPSA) is 68.7 Å². The number of halogens is 1. The lowest BCUT2D eigenvalue weighted by Gasteiger charge is -2.06. The molecule has 0 fully saturated rings. The van der Waals surface area contributed by atoms with Gasteiger partial charge < -0.3 is 14.6 Å². The summed E-state index contributed by atoms with van der Waals surface area (Å²) in [6.45, 7) is 0.562. The number of carboxylic acid groups (broad SMARTS) is 1. The van der Waals surface area contributed by atoms with Crippen LogP contribution in [0.3, 0.4) is 0 Å². The zero-order valence-electron chi connectivity index (χ0n) is 11.3. The van der Waals surface area contributed by atoms with Crippen LogP contribution in [0.25, 0.3) is 0 Å². The normalized spacial score (nSPS) is 10.6. The van der Waals surface area contributed by atoms with Gasteiger partial charge in [0.2, 0.25) is 0 Å². The number of nitrogens with zero attached hydrogens (tertiary/aromatic N) is 1. The maximum Gasteiger partial charge on any atom is 0.347 e. The van der Waals surface area contributed by atoms with E-state index in [0.717, 1.165) is 11.3 Å². The average Bonchev–Trinajstić information content (AvgIpc) is 2.88. The predicted octanol–water partition coefficient (Wildman–Crippen LogP) is 3.26. The van der Waals surface area contributed by atoms with E-state index in [2.05, 4.69) is 4.98 Å². The van der Waals surface area contributed by atoms with Crippen LogP contribution in [0.5, 0.6) is 5.75 Å². The molecule has 2 aromatic rings. The quantitative estimate of drug-likeness (QED) is 0.845. The Morgan fingerprint density at radius 2 is 2.19 bits per heavy atom. The molecule has 21 heavy (non-hydrogen) atoms. The first-order valence-electron chi connectivity index (χ1n) is 6.20. The van der Waals surface area contributed by atoms with Gasteiger partial charge in [0, 0.05) is 13.5 Å². The predicted molar refractivity (Wildman–Crippen MR) is 80.4 cm³/mol. The highest BCUT2D eigenvalue weighted by atomic mass is 35.5. The lowest BCUT2D eigenvalue weighted by Crippen LogP contribution is -2.03. The van der Waals surface area contributed by atoms with Crippen molar-refractivity contribution in [2.45, 2.75) is 13.0 Å². The van der Waals surface area contributed by atoms with Crippen molar-refractivity contribution in [1.29, 1.82) is 0 Å². The molecule has 1 aromatic heterocycles. The van der Waals surface area contributed by atoms with E-state index in [4.69, 9.17) is 21.1 Å². The molecular weight excluding hydrogens is 314 g/mol. The molecular formula is C14H14ClNO4S. The van der Waals surface area contributed by atoms with E-state index in [9.17, 15) is 9.90 Å². The van der Waals surface area contributed by atoms with Gasteiger partial charge in [0.1, 0.15) is 22.9 Å². The number of aromatic carboxylic acids is 1. The SMILES string of the molecule is COCCc1nc(COc2ccccc2Cl)c(C(=O)O)s1. The molecule has 5 nitrogen and oxygen atoms in total. The number of ether oxygens (including phenoxy) is 2. The molecule has 1 heterocycles. The van der Waals surface area contributed by atoms with Crippen LogP contribution < -0.4 is 4.74 Å². The van der Waals surface area contributed by atoms with Crippen LogP contribution in [0, 0.1) is 0 Å². The second-order valence-electron chi connectivity index (χ2n) is 4.15. The van der Waals surface area contributed by atoms with Crippen LogP contribution >= 0.6 is 22.9 Å². The third kappa shape index (κ3) is 4.17. The van der Waals surface area contributed by atoms with Crippen molar-refractivity contribution in [3.05, 3.63) is 44.9 Å². The average molecular weight is 328 g/mol. The molecule has 0 aliphatic heterocycles. The fraction of sp³-hybridized carbons (Fsp3) is 0.286. The van der Waals surface area contributed by atoms with Gasteiger partial charge in [-0.25, -0.2) is 9.78 Å². The lowest BCUT2D eigenvalue weighted by atomic mass is 10.3. The van der Waals surface area contributed by atoms with Gasteiger partial charge in [0.05, 0.1) is 16.6 Å². The molecule has 0 atom stereocenters. The number of thiazole rings is 1. The largest absolute Gasteiger partial charge is 0.486 e. The number of para-hydroxylation sites is 1. The molecule has 0 radical (unpaired) electrons. The number of aromatic nitrogens is 1. The Morgan fingerprint density at radius 1 is 1.43 bits per heavy atom. The van der Waals surface area contributed by atoms with Gasteiger partial charge in [0.25, 0.3) is 0 Å². The molecule has 0 amide bonds. The van der Waals surface area contributed by atoms with E-state index >= 15 is 0 Å². The van der Waals surface area contributed by atoms with Crippen molar-refractivity contribution in [3.63, 3.8) is 0 Å². The minimum Gasteiger partial charge on any atom is -0.486 e. The molecule has 0 bridgehead atoms. The van der Waals surface area contributed by atoms with Crippen LogP contribution in [0.4, 0.5) is 0 Å². The number of rotatable bonds is 7. The van der Waals surface area contributed by atoms with Gasteiger partial charge in [-0.1, -0.05) is 23.7 Å². The maximum absolute atomic E-state index is 11.2. The Morgan fingerprint density at radius 3 is 2.86 bits per heavy atom. The number of hydrogen-bond donors (Lipinski definition) is 1. The number of carbonyl (C=O) groups is 1. The van der Waals surface area contributed by atoms with Gasteiger partial charge in [0.15, 0.2) is 0 Å². The first kappa shape index (κ1) is 15.8. The van der Waals surface area contributed by atoms with Crippen LogP contribution in [0.2, 0.25) is 5.02 Å². The Hall–Kier alpha value is -1.63. The van der Waals surface area contributed by atoms with Crippen LogP contribution in [-0.4, -0.2) is 29.8 Å². The zero-order valence-corrected chi connectivity index (χ0v) is 12.9. The minimum absolute atomic E-state index is 0.0643. The summed E-state index contributed by atoms with van der Waals surface area (Å²) in [5, 5.41) is 10.4. The number of methoxy groups -OCH3 is 1. The second-order valence-corrected chi connectivity index (χ2v) is 5.64. The van der Waals surface area contributed by atoms with E-state index in [1.165, 1.54) is 0 Å². The Bertz CT molecular complexity index is 629. The standard InChI is InChI=1S/C14H14ClNO4S/c1-19-7-6-12-16-10(13(21-12)14(17)18)8-20-11-5-3-2-4-9(11)15/h2-5H,6-8H2,1H3,(H,17,18). The Balaban J connectivity index is 2.13. The summed E-state index contributed by atoms with van der Waals surface area (Å²) >= 11 is 7.13. The van der Waals surface area contributed by atoms with Crippen molar-refractivity contribution in [2.24, 2.45) is 0 Å². The van der Waals surface area contributed by atoms with Crippen LogP contribution in [0.1, 0.15) is 20.4 Å². The third-order valence-electron chi connectivity index (χ3n) is 2.66. The van der Waals surface area contributed by atoms with Crippen LogP contribution in [0.15, 0.2) is 24.3 Å². The third-order valence-corrected chi connectivity index (χ3v) is 4.11. The lowest BCUT2D eigenvalue weighted by molar-refractivity contribution is 0.0699. The Kier molecular flexibility index (Phi) is 5.55. The molecule has 0 saturated heterocycles. The Labute approximate surface area is 131 Å². The molecule has 0 unspecified atom stereocenters. The fourth-order valence-corrected chi connectivity index (χ4v) is 2.75. The first-order valence-corrected chi connectivity index (χ1v) is 7.39. The minimum atomic E-state index is -1.01. The van der Waals surface area contributed by atoms with Gasteiger partial charge in [-0.05, 0) is 12.1 Å². The van der Waals surface area contributed by atoms with Gasteiger partial charge in [-0.3, -0.25) is 0 Å². The van der Waals surface area contributed by atoms with Crippen molar-refractivity contribution in [1.82, 2.24) is 4.98 Å². The van der Waals surface area contributed by atoms with Gasteiger partial charge in [-0.15, -0.1) is 11.3 Å². The molecule has 1 N–H and O–H groups in total. The summed E-state index contributed by atoms with van der Waals surface area (Å²) in [6, 6.07) is 7.02. The first-order chi connectivity index (χ1) is 10.1.